The number of carbonyl (C=O) groups excluding carboxylic acids is 2. The molecule has 0 bridgehead atoms. The van der Waals surface area contributed by atoms with Crippen molar-refractivity contribution in [2.45, 2.75) is 0 Å². The molecule has 108 valence electrons. The summed E-state index contributed by atoms with van der Waals surface area (Å²) >= 11 is 3.12. The molecular formula is C14H16BrNO4. The number of alkyl halides is 1. The molecular weight excluding hydrogens is 326 g/mol. The number of hydrogen-bond donors (Lipinski definition) is 0. The third-order valence-corrected chi connectivity index (χ3v) is 3.53. The maximum Gasteiger partial charge on any atom is 0.260 e. The second-order valence-electron chi connectivity index (χ2n) is 4.36. The fourth-order valence-corrected chi connectivity index (χ4v) is 2.19. The third kappa shape index (κ3) is 4.05. The summed E-state index contributed by atoms with van der Waals surface area (Å²) in [6.45, 7) is 2.39. The van der Waals surface area contributed by atoms with Crippen LogP contribution in [0.1, 0.15) is 10.4 Å². The van der Waals surface area contributed by atoms with Crippen LogP contribution >= 0.6 is 15.9 Å². The van der Waals surface area contributed by atoms with Crippen LogP contribution in [-0.4, -0.2) is 54.8 Å². The molecule has 0 radical (unpaired) electrons. The van der Waals surface area contributed by atoms with E-state index in [1.54, 1.807) is 29.2 Å². The van der Waals surface area contributed by atoms with Crippen molar-refractivity contribution in [2.24, 2.45) is 0 Å². The van der Waals surface area contributed by atoms with Crippen LogP contribution in [0.3, 0.4) is 0 Å². The van der Waals surface area contributed by atoms with Gasteiger partial charge in [0.1, 0.15) is 5.75 Å². The first kappa shape index (κ1) is 15.0. The van der Waals surface area contributed by atoms with Crippen LogP contribution < -0.4 is 4.74 Å². The molecule has 1 amide bonds. The lowest BCUT2D eigenvalue weighted by atomic mass is 10.1. The minimum absolute atomic E-state index is 0.00569. The van der Waals surface area contributed by atoms with Crippen LogP contribution in [0.5, 0.6) is 5.75 Å². The molecule has 2 rings (SSSR count). The molecule has 0 spiro atoms. The van der Waals surface area contributed by atoms with Gasteiger partial charge in [-0.2, -0.15) is 0 Å². The van der Waals surface area contributed by atoms with Crippen molar-refractivity contribution >= 4 is 27.6 Å². The number of rotatable bonds is 5. The molecule has 0 aliphatic carbocycles. The van der Waals surface area contributed by atoms with Gasteiger partial charge >= 0.3 is 0 Å². The number of carbonyl (C=O) groups is 2. The van der Waals surface area contributed by atoms with Crippen LogP contribution in [0, 0.1) is 0 Å². The zero-order chi connectivity index (χ0) is 14.4. The topological polar surface area (TPSA) is 55.8 Å². The molecule has 5 nitrogen and oxygen atoms in total. The summed E-state index contributed by atoms with van der Waals surface area (Å²) in [5.74, 6) is 0.549. The van der Waals surface area contributed by atoms with Gasteiger partial charge in [-0.15, -0.1) is 0 Å². The summed E-state index contributed by atoms with van der Waals surface area (Å²) in [5.41, 5.74) is 0.619. The van der Waals surface area contributed by atoms with E-state index in [4.69, 9.17) is 9.47 Å². The first-order chi connectivity index (χ1) is 9.70. The van der Waals surface area contributed by atoms with Crippen molar-refractivity contribution in [3.05, 3.63) is 29.8 Å². The Morgan fingerprint density at radius 3 is 2.45 bits per heavy atom. The number of ketones is 1. The molecule has 1 aromatic rings. The molecule has 20 heavy (non-hydrogen) atoms. The molecule has 0 N–H and O–H groups in total. The van der Waals surface area contributed by atoms with Gasteiger partial charge in [0.2, 0.25) is 0 Å². The second kappa shape index (κ2) is 7.40. The lowest BCUT2D eigenvalue weighted by molar-refractivity contribution is -0.137. The van der Waals surface area contributed by atoms with E-state index in [1.165, 1.54) is 0 Å². The fourth-order valence-electron chi connectivity index (χ4n) is 1.86. The van der Waals surface area contributed by atoms with Crippen molar-refractivity contribution in [3.63, 3.8) is 0 Å². The van der Waals surface area contributed by atoms with E-state index in [0.29, 0.717) is 42.9 Å². The smallest absolute Gasteiger partial charge is 0.260 e. The van der Waals surface area contributed by atoms with Gasteiger partial charge in [0.25, 0.3) is 5.91 Å². The number of hydrogen-bond acceptors (Lipinski definition) is 4. The molecule has 0 aromatic heterocycles. The molecule has 0 saturated carbocycles. The van der Waals surface area contributed by atoms with Crippen LogP contribution in [0.15, 0.2) is 24.3 Å². The van der Waals surface area contributed by atoms with Crippen molar-refractivity contribution in [3.8, 4) is 5.75 Å². The van der Waals surface area contributed by atoms with Gasteiger partial charge in [-0.1, -0.05) is 15.9 Å². The highest BCUT2D eigenvalue weighted by Gasteiger charge is 2.17. The van der Waals surface area contributed by atoms with Gasteiger partial charge < -0.3 is 14.4 Å². The Morgan fingerprint density at radius 2 is 1.85 bits per heavy atom. The molecule has 1 fully saturated rings. The van der Waals surface area contributed by atoms with Crippen LogP contribution in [0.25, 0.3) is 0 Å². The summed E-state index contributed by atoms with van der Waals surface area (Å²) in [7, 11) is 0. The predicted molar refractivity (Wildman–Crippen MR) is 77.5 cm³/mol. The highest BCUT2D eigenvalue weighted by Crippen LogP contribution is 2.13. The molecule has 1 saturated heterocycles. The Bertz CT molecular complexity index is 469. The minimum Gasteiger partial charge on any atom is -0.484 e. The first-order valence-corrected chi connectivity index (χ1v) is 7.50. The van der Waals surface area contributed by atoms with E-state index in [1.807, 2.05) is 0 Å². The van der Waals surface area contributed by atoms with Gasteiger partial charge in [0, 0.05) is 18.7 Å². The number of amides is 1. The Balaban J connectivity index is 1.84. The zero-order valence-corrected chi connectivity index (χ0v) is 12.6. The average molecular weight is 342 g/mol. The number of ether oxygens (including phenoxy) is 2. The van der Waals surface area contributed by atoms with Crippen molar-refractivity contribution in [2.75, 3.05) is 38.2 Å². The van der Waals surface area contributed by atoms with Gasteiger partial charge in [-0.3, -0.25) is 9.59 Å². The van der Waals surface area contributed by atoms with Crippen LogP contribution in [0.2, 0.25) is 0 Å². The van der Waals surface area contributed by atoms with Crippen molar-refractivity contribution in [1.82, 2.24) is 4.90 Å². The number of benzene rings is 1. The van der Waals surface area contributed by atoms with Crippen molar-refractivity contribution in [1.29, 1.82) is 0 Å². The fraction of sp³-hybridized carbons (Fsp3) is 0.429. The van der Waals surface area contributed by atoms with Gasteiger partial charge in [-0.05, 0) is 24.3 Å². The Kier molecular flexibility index (Phi) is 5.55. The largest absolute Gasteiger partial charge is 0.484 e. The normalized spacial score (nSPS) is 14.9. The third-order valence-electron chi connectivity index (χ3n) is 3.02. The Labute approximate surface area is 126 Å². The highest BCUT2D eigenvalue weighted by molar-refractivity contribution is 9.09. The number of nitrogens with zero attached hydrogens (tertiary/aromatic N) is 1. The number of morpholine rings is 1. The van der Waals surface area contributed by atoms with E-state index in [2.05, 4.69) is 15.9 Å². The van der Waals surface area contributed by atoms with Crippen LogP contribution in [-0.2, 0) is 9.53 Å². The Morgan fingerprint density at radius 1 is 1.20 bits per heavy atom. The van der Waals surface area contributed by atoms with E-state index >= 15 is 0 Å². The lowest BCUT2D eigenvalue weighted by Gasteiger charge is -2.26. The highest BCUT2D eigenvalue weighted by atomic mass is 79.9. The summed E-state index contributed by atoms with van der Waals surface area (Å²) in [6.07, 6.45) is 0. The SMILES string of the molecule is O=C(CBr)c1ccc(OCC(=O)N2CCOCC2)cc1. The van der Waals surface area contributed by atoms with E-state index in [-0.39, 0.29) is 18.3 Å². The second-order valence-corrected chi connectivity index (χ2v) is 4.92. The summed E-state index contributed by atoms with van der Waals surface area (Å²) in [6, 6.07) is 6.78. The number of halogens is 1. The van der Waals surface area contributed by atoms with E-state index < -0.39 is 0 Å². The number of Topliss-reactive ketones (excluding diaryl/α,β-unsaturated/α-hetero) is 1. The van der Waals surface area contributed by atoms with Gasteiger partial charge in [0.15, 0.2) is 12.4 Å². The monoisotopic (exact) mass is 341 g/mol. The molecule has 1 aliphatic heterocycles. The summed E-state index contributed by atoms with van der Waals surface area (Å²) in [5, 5.41) is 0.294. The molecule has 1 aliphatic rings. The minimum atomic E-state index is -0.0473. The van der Waals surface area contributed by atoms with E-state index in [9.17, 15) is 9.59 Å². The zero-order valence-electron chi connectivity index (χ0n) is 11.0. The quantitative estimate of drug-likeness (QED) is 0.601. The molecule has 0 unspecified atom stereocenters. The standard InChI is InChI=1S/C14H16BrNO4/c15-9-13(17)11-1-3-12(4-2-11)20-10-14(18)16-5-7-19-8-6-16/h1-4H,5-10H2. The van der Waals surface area contributed by atoms with Gasteiger partial charge in [0.05, 0.1) is 18.5 Å². The average Bonchev–Trinajstić information content (AvgIpc) is 2.53. The Hall–Kier alpha value is -1.40. The van der Waals surface area contributed by atoms with Crippen LogP contribution in [0.4, 0.5) is 0 Å². The molecule has 1 aromatic carbocycles. The van der Waals surface area contributed by atoms with Gasteiger partial charge in [-0.25, -0.2) is 0 Å². The lowest BCUT2D eigenvalue weighted by Crippen LogP contribution is -2.42. The summed E-state index contributed by atoms with van der Waals surface area (Å²) in [4.78, 5) is 25.0. The summed E-state index contributed by atoms with van der Waals surface area (Å²) < 4.78 is 10.6. The predicted octanol–water partition coefficient (Wildman–Crippen LogP) is 1.50. The van der Waals surface area contributed by atoms with Crippen molar-refractivity contribution < 1.29 is 19.1 Å². The molecule has 6 heteroatoms. The maximum atomic E-state index is 11.9. The van der Waals surface area contributed by atoms with E-state index in [0.717, 1.165) is 0 Å². The molecule has 0 atom stereocenters. The first-order valence-electron chi connectivity index (χ1n) is 6.38. The molecule has 1 heterocycles. The maximum absolute atomic E-state index is 11.9.